The van der Waals surface area contributed by atoms with Crippen LogP contribution in [0, 0.1) is 0 Å². The molecule has 21 heavy (non-hydrogen) atoms. The molecule has 0 fully saturated rings. The van der Waals surface area contributed by atoms with Crippen LogP contribution in [0.4, 0.5) is 11.6 Å². The molecular formula is C17H19N3O. The minimum Gasteiger partial charge on any atom is -0.495 e. The summed E-state index contributed by atoms with van der Waals surface area (Å²) in [5.41, 5.74) is 3.03. The molecule has 0 bridgehead atoms. The molecule has 1 aromatic heterocycles. The van der Waals surface area contributed by atoms with Crippen LogP contribution in [0.25, 0.3) is 11.0 Å². The third kappa shape index (κ3) is 2.44. The van der Waals surface area contributed by atoms with Crippen LogP contribution in [0.3, 0.4) is 0 Å². The zero-order valence-corrected chi connectivity index (χ0v) is 12.5. The molecular weight excluding hydrogens is 262 g/mol. The van der Waals surface area contributed by atoms with Crippen molar-refractivity contribution in [2.45, 2.75) is 19.9 Å². The number of methoxy groups -OCH3 is 1. The van der Waals surface area contributed by atoms with Gasteiger partial charge in [0.05, 0.1) is 23.8 Å². The average Bonchev–Trinajstić information content (AvgIpc) is 2.85. The van der Waals surface area contributed by atoms with Crippen molar-refractivity contribution in [3.8, 4) is 5.75 Å². The van der Waals surface area contributed by atoms with E-state index < -0.39 is 0 Å². The van der Waals surface area contributed by atoms with Crippen LogP contribution in [0.2, 0.25) is 0 Å². The smallest absolute Gasteiger partial charge is 0.208 e. The van der Waals surface area contributed by atoms with Crippen molar-refractivity contribution in [2.75, 3.05) is 12.4 Å². The van der Waals surface area contributed by atoms with E-state index in [1.54, 1.807) is 7.11 Å². The van der Waals surface area contributed by atoms with Gasteiger partial charge in [-0.3, -0.25) is 0 Å². The highest BCUT2D eigenvalue weighted by atomic mass is 16.5. The molecule has 0 unspecified atom stereocenters. The Hall–Kier alpha value is -2.49. The van der Waals surface area contributed by atoms with Crippen LogP contribution in [0.15, 0.2) is 48.5 Å². The molecule has 0 saturated carbocycles. The summed E-state index contributed by atoms with van der Waals surface area (Å²) in [6.07, 6.45) is 0. The van der Waals surface area contributed by atoms with Crippen molar-refractivity contribution in [1.29, 1.82) is 0 Å². The van der Waals surface area contributed by atoms with Gasteiger partial charge < -0.3 is 14.6 Å². The van der Waals surface area contributed by atoms with Crippen LogP contribution in [-0.4, -0.2) is 16.7 Å². The van der Waals surface area contributed by atoms with E-state index >= 15 is 0 Å². The monoisotopic (exact) mass is 281 g/mol. The Morgan fingerprint density at radius 3 is 2.52 bits per heavy atom. The Morgan fingerprint density at radius 1 is 1.05 bits per heavy atom. The van der Waals surface area contributed by atoms with Gasteiger partial charge in [-0.05, 0) is 38.1 Å². The largest absolute Gasteiger partial charge is 0.495 e. The molecule has 0 atom stereocenters. The van der Waals surface area contributed by atoms with Gasteiger partial charge in [0.25, 0.3) is 0 Å². The first-order chi connectivity index (χ1) is 10.2. The molecule has 0 aliphatic heterocycles. The van der Waals surface area contributed by atoms with Crippen LogP contribution in [-0.2, 0) is 0 Å². The number of fused-ring (bicyclic) bond motifs is 1. The van der Waals surface area contributed by atoms with Crippen molar-refractivity contribution >= 4 is 22.7 Å². The van der Waals surface area contributed by atoms with Gasteiger partial charge in [0.2, 0.25) is 5.95 Å². The fourth-order valence-corrected chi connectivity index (χ4v) is 2.52. The van der Waals surface area contributed by atoms with Gasteiger partial charge >= 0.3 is 0 Å². The summed E-state index contributed by atoms with van der Waals surface area (Å²) < 4.78 is 7.59. The number of para-hydroxylation sites is 4. The SMILES string of the molecule is COc1ccccc1Nc1nc2ccccc2n1C(C)C. The maximum atomic E-state index is 5.39. The maximum absolute atomic E-state index is 5.39. The van der Waals surface area contributed by atoms with Crippen LogP contribution in [0.1, 0.15) is 19.9 Å². The van der Waals surface area contributed by atoms with Gasteiger partial charge in [-0.1, -0.05) is 24.3 Å². The molecule has 4 nitrogen and oxygen atoms in total. The average molecular weight is 281 g/mol. The molecule has 2 aromatic carbocycles. The molecule has 1 heterocycles. The number of nitrogens with zero attached hydrogens (tertiary/aromatic N) is 2. The normalized spacial score (nSPS) is 11.0. The van der Waals surface area contributed by atoms with Gasteiger partial charge in [-0.15, -0.1) is 0 Å². The van der Waals surface area contributed by atoms with Crippen molar-refractivity contribution in [3.05, 3.63) is 48.5 Å². The molecule has 0 saturated heterocycles. The molecule has 108 valence electrons. The molecule has 0 spiro atoms. The minimum atomic E-state index is 0.314. The predicted molar refractivity (Wildman–Crippen MR) is 86.4 cm³/mol. The fourth-order valence-electron chi connectivity index (χ4n) is 2.52. The van der Waals surface area contributed by atoms with Gasteiger partial charge in [-0.25, -0.2) is 4.98 Å². The van der Waals surface area contributed by atoms with Gasteiger partial charge in [0, 0.05) is 6.04 Å². The lowest BCUT2D eigenvalue weighted by Gasteiger charge is -2.15. The molecule has 0 radical (unpaired) electrons. The summed E-state index contributed by atoms with van der Waals surface area (Å²) in [5, 5.41) is 3.39. The van der Waals surface area contributed by atoms with Gasteiger partial charge in [-0.2, -0.15) is 0 Å². The highest BCUT2D eigenvalue weighted by molar-refractivity contribution is 5.80. The van der Waals surface area contributed by atoms with Gasteiger partial charge in [0.15, 0.2) is 0 Å². The molecule has 0 amide bonds. The number of imidazole rings is 1. The second-order valence-corrected chi connectivity index (χ2v) is 5.21. The third-order valence-corrected chi connectivity index (χ3v) is 3.47. The number of hydrogen-bond acceptors (Lipinski definition) is 3. The summed E-state index contributed by atoms with van der Waals surface area (Å²) >= 11 is 0. The summed E-state index contributed by atoms with van der Waals surface area (Å²) in [4.78, 5) is 4.70. The van der Waals surface area contributed by atoms with Crippen molar-refractivity contribution in [1.82, 2.24) is 9.55 Å². The summed E-state index contributed by atoms with van der Waals surface area (Å²) in [5.74, 6) is 1.63. The topological polar surface area (TPSA) is 39.1 Å². The Kier molecular flexibility index (Phi) is 3.52. The van der Waals surface area contributed by atoms with Crippen LogP contribution in [0.5, 0.6) is 5.75 Å². The number of rotatable bonds is 4. The van der Waals surface area contributed by atoms with E-state index in [0.29, 0.717) is 6.04 Å². The van der Waals surface area contributed by atoms with E-state index in [9.17, 15) is 0 Å². The van der Waals surface area contributed by atoms with E-state index in [1.165, 1.54) is 0 Å². The van der Waals surface area contributed by atoms with Crippen molar-refractivity contribution < 1.29 is 4.74 Å². The maximum Gasteiger partial charge on any atom is 0.208 e. The summed E-state index contributed by atoms with van der Waals surface area (Å²) in [7, 11) is 1.67. The Balaban J connectivity index is 2.10. The van der Waals surface area contributed by atoms with Gasteiger partial charge in [0.1, 0.15) is 5.75 Å². The van der Waals surface area contributed by atoms with E-state index in [0.717, 1.165) is 28.4 Å². The zero-order valence-electron chi connectivity index (χ0n) is 12.5. The highest BCUT2D eigenvalue weighted by Crippen LogP contribution is 2.30. The summed E-state index contributed by atoms with van der Waals surface area (Å²) in [6.45, 7) is 4.31. The molecule has 0 aliphatic carbocycles. The van der Waals surface area contributed by atoms with E-state index in [4.69, 9.17) is 9.72 Å². The highest BCUT2D eigenvalue weighted by Gasteiger charge is 2.14. The van der Waals surface area contributed by atoms with Crippen LogP contribution < -0.4 is 10.1 Å². The second-order valence-electron chi connectivity index (χ2n) is 5.21. The summed E-state index contributed by atoms with van der Waals surface area (Å²) in [6, 6.07) is 16.3. The lowest BCUT2D eigenvalue weighted by molar-refractivity contribution is 0.416. The zero-order chi connectivity index (χ0) is 14.8. The number of benzene rings is 2. The molecule has 3 rings (SSSR count). The molecule has 1 N–H and O–H groups in total. The quantitative estimate of drug-likeness (QED) is 0.771. The third-order valence-electron chi connectivity index (χ3n) is 3.47. The lowest BCUT2D eigenvalue weighted by Crippen LogP contribution is -2.06. The first-order valence-electron chi connectivity index (χ1n) is 7.07. The fraction of sp³-hybridized carbons (Fsp3) is 0.235. The first kappa shape index (κ1) is 13.5. The Morgan fingerprint density at radius 2 is 1.76 bits per heavy atom. The first-order valence-corrected chi connectivity index (χ1v) is 7.07. The number of ether oxygens (including phenoxy) is 1. The van der Waals surface area contributed by atoms with Crippen molar-refractivity contribution in [3.63, 3.8) is 0 Å². The minimum absolute atomic E-state index is 0.314. The molecule has 0 aliphatic rings. The number of anilines is 2. The second kappa shape index (κ2) is 5.48. The van der Waals surface area contributed by atoms with E-state index in [-0.39, 0.29) is 0 Å². The molecule has 4 heteroatoms. The Labute approximate surface area is 124 Å². The molecule has 3 aromatic rings. The number of aromatic nitrogens is 2. The van der Waals surface area contributed by atoms with E-state index in [2.05, 4.69) is 29.8 Å². The van der Waals surface area contributed by atoms with Crippen LogP contribution >= 0.6 is 0 Å². The standard InChI is InChI=1S/C17H19N3O/c1-12(2)20-15-10-6-4-8-13(15)18-17(20)19-14-9-5-7-11-16(14)21-3/h4-12H,1-3H3,(H,18,19). The number of hydrogen-bond donors (Lipinski definition) is 1. The van der Waals surface area contributed by atoms with E-state index in [1.807, 2.05) is 42.5 Å². The predicted octanol–water partition coefficient (Wildman–Crippen LogP) is 4.37. The number of nitrogens with one attached hydrogen (secondary N) is 1. The Bertz CT molecular complexity index is 762. The lowest BCUT2D eigenvalue weighted by atomic mass is 10.3. The van der Waals surface area contributed by atoms with Crippen molar-refractivity contribution in [2.24, 2.45) is 0 Å².